The summed E-state index contributed by atoms with van der Waals surface area (Å²) in [7, 11) is -3.42. The molecule has 7 heteroatoms. The Morgan fingerprint density at radius 3 is 2.77 bits per heavy atom. The lowest BCUT2D eigenvalue weighted by molar-refractivity contribution is -0.120. The Morgan fingerprint density at radius 2 is 2.31 bits per heavy atom. The summed E-state index contributed by atoms with van der Waals surface area (Å²) >= 11 is 1.64. The summed E-state index contributed by atoms with van der Waals surface area (Å²) in [5.74, 6) is 1.12. The number of nitrogens with one attached hydrogen (secondary N) is 2. The molecule has 76 valence electrons. The first-order valence-electron chi connectivity index (χ1n) is 3.82. The van der Waals surface area contributed by atoms with Crippen LogP contribution in [0.15, 0.2) is 0 Å². The minimum absolute atomic E-state index is 0.381. The van der Waals surface area contributed by atoms with Gasteiger partial charge in [0.2, 0.25) is 10.0 Å². The molecule has 0 aromatic rings. The highest BCUT2D eigenvalue weighted by Crippen LogP contribution is 2.07. The van der Waals surface area contributed by atoms with Crippen LogP contribution in [0, 0.1) is 0 Å². The van der Waals surface area contributed by atoms with Gasteiger partial charge < -0.3 is 5.32 Å². The number of carbonyl (C=O) groups is 1. The van der Waals surface area contributed by atoms with Gasteiger partial charge >= 0.3 is 0 Å². The predicted octanol–water partition coefficient (Wildman–Crippen LogP) is -1.23. The molecule has 0 aliphatic carbocycles. The van der Waals surface area contributed by atoms with Crippen molar-refractivity contribution in [2.24, 2.45) is 0 Å². The monoisotopic (exact) mass is 224 g/mol. The van der Waals surface area contributed by atoms with E-state index in [9.17, 15) is 13.2 Å². The van der Waals surface area contributed by atoms with E-state index in [1.54, 1.807) is 11.8 Å². The molecule has 0 aromatic carbocycles. The Labute approximate surface area is 81.7 Å². The number of hydrogen-bond acceptors (Lipinski definition) is 5. The largest absolute Gasteiger partial charge is 0.304 e. The zero-order valence-corrected chi connectivity index (χ0v) is 8.87. The first kappa shape index (κ1) is 10.8. The van der Waals surface area contributed by atoms with E-state index in [1.165, 1.54) is 0 Å². The van der Waals surface area contributed by atoms with Crippen LogP contribution in [0.3, 0.4) is 0 Å². The molecule has 0 spiro atoms. The molecule has 1 heterocycles. The molecule has 13 heavy (non-hydrogen) atoms. The normalized spacial score (nSPS) is 23.9. The number of thioether (sulfide) groups is 1. The van der Waals surface area contributed by atoms with Gasteiger partial charge in [0.15, 0.2) is 0 Å². The van der Waals surface area contributed by atoms with Crippen LogP contribution in [0.2, 0.25) is 0 Å². The lowest BCUT2D eigenvalue weighted by atomic mass is 10.3. The fraction of sp³-hybridized carbons (Fsp3) is 0.833. The van der Waals surface area contributed by atoms with Crippen molar-refractivity contribution in [3.8, 4) is 0 Å². The Hall–Kier alpha value is -0.270. The highest BCUT2D eigenvalue weighted by molar-refractivity contribution is 7.99. The maximum Gasteiger partial charge on any atom is 0.251 e. The van der Waals surface area contributed by atoms with Crippen molar-refractivity contribution in [3.05, 3.63) is 0 Å². The average molecular weight is 224 g/mol. The minimum atomic E-state index is -3.42. The third-order valence-corrected chi connectivity index (χ3v) is 3.16. The fourth-order valence-electron chi connectivity index (χ4n) is 0.988. The van der Waals surface area contributed by atoms with E-state index in [-0.39, 0.29) is 6.04 Å². The SMILES string of the molecule is CS(=O)(=O)NC(=O)C1CSCCN1. The van der Waals surface area contributed by atoms with E-state index in [1.807, 2.05) is 4.72 Å². The molecule has 1 rings (SSSR count). The first-order valence-corrected chi connectivity index (χ1v) is 6.86. The van der Waals surface area contributed by atoms with Crippen molar-refractivity contribution in [2.75, 3.05) is 24.3 Å². The number of rotatable bonds is 2. The summed E-state index contributed by atoms with van der Waals surface area (Å²) in [6, 6.07) is -0.381. The van der Waals surface area contributed by atoms with Crippen LogP contribution >= 0.6 is 11.8 Å². The highest BCUT2D eigenvalue weighted by atomic mass is 32.2. The molecule has 1 saturated heterocycles. The van der Waals surface area contributed by atoms with E-state index >= 15 is 0 Å². The molecule has 1 unspecified atom stereocenters. The summed E-state index contributed by atoms with van der Waals surface area (Å²) in [5, 5.41) is 2.94. The lowest BCUT2D eigenvalue weighted by Gasteiger charge is -2.21. The van der Waals surface area contributed by atoms with Crippen molar-refractivity contribution in [1.82, 2.24) is 10.0 Å². The van der Waals surface area contributed by atoms with Crippen molar-refractivity contribution in [1.29, 1.82) is 0 Å². The summed E-state index contributed by atoms with van der Waals surface area (Å²) in [6.45, 7) is 0.743. The molecule has 0 bridgehead atoms. The lowest BCUT2D eigenvalue weighted by Crippen LogP contribution is -2.50. The van der Waals surface area contributed by atoms with Crippen LogP contribution in [0.5, 0.6) is 0 Å². The van der Waals surface area contributed by atoms with Gasteiger partial charge in [0.1, 0.15) is 0 Å². The van der Waals surface area contributed by atoms with Crippen LogP contribution in [0.4, 0.5) is 0 Å². The maximum atomic E-state index is 11.2. The van der Waals surface area contributed by atoms with E-state index < -0.39 is 15.9 Å². The number of hydrogen-bond donors (Lipinski definition) is 2. The second kappa shape index (κ2) is 4.30. The van der Waals surface area contributed by atoms with E-state index in [2.05, 4.69) is 5.32 Å². The Kier molecular flexibility index (Phi) is 3.57. The number of amides is 1. The van der Waals surface area contributed by atoms with Gasteiger partial charge in [0, 0.05) is 18.1 Å². The minimum Gasteiger partial charge on any atom is -0.304 e. The molecule has 0 aromatic heterocycles. The maximum absolute atomic E-state index is 11.2. The third kappa shape index (κ3) is 3.97. The molecule has 1 aliphatic heterocycles. The second-order valence-corrected chi connectivity index (χ2v) is 5.72. The summed E-state index contributed by atoms with van der Waals surface area (Å²) in [5.41, 5.74) is 0. The Bertz CT molecular complexity index is 282. The molecule has 1 atom stereocenters. The average Bonchev–Trinajstić information content (AvgIpc) is 2.03. The summed E-state index contributed by atoms with van der Waals surface area (Å²) < 4.78 is 23.4. The van der Waals surface area contributed by atoms with Crippen molar-refractivity contribution in [3.63, 3.8) is 0 Å². The molecule has 1 fully saturated rings. The van der Waals surface area contributed by atoms with Gasteiger partial charge in [0.25, 0.3) is 5.91 Å². The highest BCUT2D eigenvalue weighted by Gasteiger charge is 2.22. The Morgan fingerprint density at radius 1 is 1.62 bits per heavy atom. The van der Waals surface area contributed by atoms with Gasteiger partial charge in [-0.3, -0.25) is 9.52 Å². The van der Waals surface area contributed by atoms with Gasteiger partial charge in [-0.05, 0) is 0 Å². The van der Waals surface area contributed by atoms with Crippen molar-refractivity contribution in [2.45, 2.75) is 6.04 Å². The quantitative estimate of drug-likeness (QED) is 0.614. The standard InChI is InChI=1S/C6H12N2O3S2/c1-13(10,11)8-6(9)5-4-12-3-2-7-5/h5,7H,2-4H2,1H3,(H,8,9). The van der Waals surface area contributed by atoms with Crippen molar-refractivity contribution >= 4 is 27.7 Å². The molecule has 5 nitrogen and oxygen atoms in total. The predicted molar refractivity (Wildman–Crippen MR) is 52.1 cm³/mol. The zero-order valence-electron chi connectivity index (χ0n) is 7.24. The van der Waals surface area contributed by atoms with E-state index in [0.717, 1.165) is 18.6 Å². The molecule has 1 amide bonds. The molecular formula is C6H12N2O3S2. The van der Waals surface area contributed by atoms with E-state index in [0.29, 0.717) is 5.75 Å². The molecule has 0 saturated carbocycles. The Balaban J connectivity index is 2.47. The third-order valence-electron chi connectivity index (χ3n) is 1.52. The first-order chi connectivity index (χ1) is 5.99. The summed E-state index contributed by atoms with van der Waals surface area (Å²) in [6.07, 6.45) is 0.973. The topological polar surface area (TPSA) is 75.3 Å². The van der Waals surface area contributed by atoms with Crippen LogP contribution in [-0.2, 0) is 14.8 Å². The van der Waals surface area contributed by atoms with Gasteiger partial charge in [-0.2, -0.15) is 11.8 Å². The zero-order chi connectivity index (χ0) is 9.90. The van der Waals surface area contributed by atoms with Crippen molar-refractivity contribution < 1.29 is 13.2 Å². The van der Waals surface area contributed by atoms with Crippen LogP contribution < -0.4 is 10.0 Å². The van der Waals surface area contributed by atoms with Gasteiger partial charge in [-0.15, -0.1) is 0 Å². The van der Waals surface area contributed by atoms with E-state index in [4.69, 9.17) is 0 Å². The van der Waals surface area contributed by atoms with Crippen LogP contribution in [0.1, 0.15) is 0 Å². The van der Waals surface area contributed by atoms with Gasteiger partial charge in [-0.1, -0.05) is 0 Å². The van der Waals surface area contributed by atoms with Gasteiger partial charge in [0.05, 0.1) is 12.3 Å². The number of sulfonamides is 1. The van der Waals surface area contributed by atoms with Crippen LogP contribution in [0.25, 0.3) is 0 Å². The second-order valence-electron chi connectivity index (χ2n) is 2.82. The molecule has 1 aliphatic rings. The molecule has 2 N–H and O–H groups in total. The van der Waals surface area contributed by atoms with Gasteiger partial charge in [-0.25, -0.2) is 8.42 Å². The molecule has 0 radical (unpaired) electrons. The van der Waals surface area contributed by atoms with Crippen LogP contribution in [-0.4, -0.2) is 44.7 Å². The smallest absolute Gasteiger partial charge is 0.251 e. The molecular weight excluding hydrogens is 212 g/mol. The summed E-state index contributed by atoms with van der Waals surface area (Å²) in [4.78, 5) is 11.2. The fourth-order valence-corrected chi connectivity index (χ4v) is 2.43. The number of carbonyl (C=O) groups excluding carboxylic acids is 1.